The smallest absolute Gasteiger partial charge is 0.0658 e. The molecule has 0 bridgehead atoms. The number of carboxylic acids is 13. The molecule has 0 saturated carbocycles. The number of carbonyl (C=O) groups excluding carboxylic acids is 13. The van der Waals surface area contributed by atoms with Gasteiger partial charge < -0.3 is 203 Å². The Morgan fingerprint density at radius 3 is 1.11 bits per heavy atom. The molecule has 740 valence electrons. The van der Waals surface area contributed by atoms with Crippen LogP contribution < -0.4 is 141 Å². The third kappa shape index (κ3) is 84.4. The van der Waals surface area contributed by atoms with E-state index in [-0.39, 0.29) is 31.1 Å². The number of hydrogen-bond acceptors (Lipinski definition) is 39. The lowest BCUT2D eigenvalue weighted by molar-refractivity contribution is -0.309. The monoisotopic (exact) mass is 1840 g/mol. The van der Waals surface area contributed by atoms with Crippen LogP contribution in [0.25, 0.3) is 0 Å². The van der Waals surface area contributed by atoms with Crippen LogP contribution in [0.1, 0.15) is 191 Å². The highest BCUT2D eigenvalue weighted by atomic mass is 16.4. The van der Waals surface area contributed by atoms with Crippen molar-refractivity contribution in [3.63, 3.8) is 0 Å². The zero-order valence-corrected chi connectivity index (χ0v) is 76.7. The highest BCUT2D eigenvalue weighted by Gasteiger charge is 2.17. The van der Waals surface area contributed by atoms with Crippen LogP contribution in [-0.4, -0.2) is 156 Å². The maximum absolute atomic E-state index is 10.3. The lowest BCUT2D eigenvalue weighted by Crippen LogP contribution is -2.45. The van der Waals surface area contributed by atoms with E-state index in [1.165, 1.54) is 35.8 Å². The van der Waals surface area contributed by atoms with Gasteiger partial charge in [0.2, 0.25) is 0 Å². The van der Waals surface area contributed by atoms with E-state index >= 15 is 0 Å². The van der Waals surface area contributed by atoms with E-state index in [0.29, 0.717) is 54.7 Å². The third-order valence-corrected chi connectivity index (χ3v) is 17.6. The van der Waals surface area contributed by atoms with Crippen LogP contribution in [0, 0.1) is 41.9 Å². The van der Waals surface area contributed by atoms with Crippen LogP contribution in [0.4, 0.5) is 0 Å². The summed E-state index contributed by atoms with van der Waals surface area (Å²) in [6.07, 6.45) is 52.5. The Kier molecular flexibility index (Phi) is 89.7. The van der Waals surface area contributed by atoms with Gasteiger partial charge in [-0.3, -0.25) is 0 Å². The Hall–Kier alpha value is -12.2. The number of allylic oxidation sites excluding steroid dienone is 16. The molecule has 0 fully saturated rings. The molecule has 0 spiro atoms. The molecule has 0 aromatic carbocycles. The Balaban J connectivity index is -0.000000176. The molecular formula is C92H138N13O26-13. The Labute approximate surface area is 769 Å². The zero-order valence-electron chi connectivity index (χ0n) is 76.7. The van der Waals surface area contributed by atoms with Crippen LogP contribution >= 0.6 is 0 Å². The maximum Gasteiger partial charge on any atom is 0.0658 e. The Morgan fingerprint density at radius 2 is 0.832 bits per heavy atom. The van der Waals surface area contributed by atoms with Crippen LogP contribution in [0.3, 0.4) is 0 Å². The molecule has 0 amide bonds. The molecule has 0 radical (unpaired) electrons. The van der Waals surface area contributed by atoms with E-state index < -0.39 is 156 Å². The van der Waals surface area contributed by atoms with Crippen molar-refractivity contribution in [3.05, 3.63) is 181 Å². The molecule has 2 unspecified atom stereocenters. The summed E-state index contributed by atoms with van der Waals surface area (Å²) in [5, 5.41) is 131. The van der Waals surface area contributed by atoms with Gasteiger partial charge in [0, 0.05) is 49.1 Å². The van der Waals surface area contributed by atoms with E-state index in [1.807, 2.05) is 45.9 Å². The lowest BCUT2D eigenvalue weighted by Gasteiger charge is -2.17. The molecule has 39 heteroatoms. The van der Waals surface area contributed by atoms with Gasteiger partial charge in [-0.25, -0.2) is 0 Å². The average molecular weight is 1840 g/mol. The van der Waals surface area contributed by atoms with E-state index in [2.05, 4.69) is 68.4 Å². The highest BCUT2D eigenvalue weighted by Crippen LogP contribution is 2.23. The first kappa shape index (κ1) is 137. The molecule has 0 aromatic rings. The fourth-order valence-corrected chi connectivity index (χ4v) is 8.95. The van der Waals surface area contributed by atoms with Crippen molar-refractivity contribution < 1.29 is 129 Å². The fraction of sp³-hybridized carbons (Fsp3) is 0.489. The molecule has 4 rings (SSSR count). The molecule has 0 saturated heterocycles. The second kappa shape index (κ2) is 85.9. The predicted molar refractivity (Wildman–Crippen MR) is 474 cm³/mol. The molecule has 0 aliphatic heterocycles. The molecule has 0 heterocycles. The van der Waals surface area contributed by atoms with Crippen molar-refractivity contribution in [2.24, 2.45) is 92.3 Å². The zero-order chi connectivity index (χ0) is 104. The van der Waals surface area contributed by atoms with Crippen molar-refractivity contribution in [2.45, 2.75) is 270 Å². The van der Waals surface area contributed by atoms with E-state index in [0.717, 1.165) is 75.4 Å². The van der Waals surface area contributed by atoms with E-state index in [4.69, 9.17) is 81.0 Å². The number of hydrogen-bond donors (Lipinski definition) is 13. The summed E-state index contributed by atoms with van der Waals surface area (Å²) in [5.74, 6) is -8.60. The Morgan fingerprint density at radius 1 is 0.435 bits per heavy atom. The van der Waals surface area contributed by atoms with Crippen LogP contribution in [0.5, 0.6) is 0 Å². The van der Waals surface area contributed by atoms with Gasteiger partial charge in [0.15, 0.2) is 0 Å². The molecule has 26 N–H and O–H groups in total. The summed E-state index contributed by atoms with van der Waals surface area (Å²) in [6, 6.07) is -11.8. The van der Waals surface area contributed by atoms with Crippen molar-refractivity contribution in [2.75, 3.05) is 0 Å². The van der Waals surface area contributed by atoms with Crippen LogP contribution in [0.15, 0.2) is 181 Å². The van der Waals surface area contributed by atoms with Crippen LogP contribution in [-0.2, 0) is 62.3 Å². The SMILES string of the molecule is C#CC[C@H](N)C(=O)[O-].C/C=C/C(C)[C@H](N)C(=O)[O-].C/C=C/C[C@H](N)C(=O)[O-].C=C/C=C(/C)[C@H](N)C(=O)[O-].C=C/C=C/C=C(/C)[C@H](N)C(=O)[O-].C=CC(C)[C@H](N)C(=O)[O-].C=CC[C@H](N)C(=O)[O-].CC#CC[C@H](N)C(=O)[O-].CC(C)=C(C)[C@H](N)C(=O)[O-].N[C@@H](CC1=CCC=CC1)C(=O)[O-].N[C@@H](CC1=CCCC1)C(=O)[O-].N[C@@H](CC1=CCCCC1)C(=O)[O-].N[C@@H](CC1CC=CC1)C(=O)[O-]. The van der Waals surface area contributed by atoms with Crippen molar-refractivity contribution in [1.29, 1.82) is 0 Å². The van der Waals surface area contributed by atoms with Crippen molar-refractivity contribution in [1.82, 2.24) is 0 Å². The number of carboxylic acid groups (broad SMARTS) is 13. The molecular weight excluding hydrogens is 1700 g/mol. The topological polar surface area (TPSA) is 860 Å². The van der Waals surface area contributed by atoms with Crippen molar-refractivity contribution in [3.8, 4) is 24.2 Å². The molecule has 4 aliphatic rings. The summed E-state index contributed by atoms with van der Waals surface area (Å²) >= 11 is 0. The summed E-state index contributed by atoms with van der Waals surface area (Å²) in [5.41, 5.74) is 73.5. The van der Waals surface area contributed by atoms with Gasteiger partial charge in [0.05, 0.1) is 120 Å². The standard InChI is InChI=1S/C9H15NO2.2C9H13NO2.2C8H13NO2.2C7H13NO2.C7H11NO2.2C6H11NO2.C6H9NO2.C5H9NO2.C5H7NO2/c2*10-8(9(11)12)6-7-4-2-1-3-5-7;1-3-4-5-6-7(2)8(10)9(11)12;2*9-7(8(10)11)5-6-3-1-2-4-6;1-4(2)5(3)6(8)7(9)10;2*1-3-4-5(2)6(8)7(9)10;1-3-4(2)5(7)6(8)9;2*1-2-3-4-5(7)6(8)9;2*1-2-3-4(6)5(7)8/h4,8H,1-3,5-6,10H2,(H,11,12);1-2,5,8H,3-4,6,10H2,(H,11,12);3-6,8H,1,10H2,2H3,(H,11,12);3,7H,1-2,4-5,9H2,(H,10,11);1-2,6-7H,3-5,9H2,(H,10,11);6H,8H2,1-3H3,(H,9,10);3-6H,8H2,1-2H3,(H,9,10);3-4,6H,1,8H2,2H3,(H,9,10);3-5H,1,7H2,2H3,(H,8,9);2-3,5H,4,7H2,1H3,(H,8,9);5H,4,7H2,1H3,(H,8,9);2,4H,1,3,6H2,(H,7,8);1,4H,3,6H2,(H,7,8)/p-13/b;;5-4+,7-6-;;;;4-3+;5-4-;;3-2+;;;/t3*8-;2*7-;6-;5?,6-;6-;4?,5-;2*5-;2*4-/m0000000000000/s1. The molecule has 4 aliphatic carbocycles. The first-order valence-corrected chi connectivity index (χ1v) is 40.9. The summed E-state index contributed by atoms with van der Waals surface area (Å²) in [6.45, 7) is 30.8. The van der Waals surface area contributed by atoms with Gasteiger partial charge in [0.25, 0.3) is 0 Å². The highest BCUT2D eigenvalue weighted by molar-refractivity contribution is 5.77. The summed E-state index contributed by atoms with van der Waals surface area (Å²) < 4.78 is 0. The normalized spacial score (nSPS) is 15.9. The van der Waals surface area contributed by atoms with Crippen LogP contribution in [0.2, 0.25) is 0 Å². The fourth-order valence-electron chi connectivity index (χ4n) is 8.95. The summed E-state index contributed by atoms with van der Waals surface area (Å²) in [4.78, 5) is 131. The van der Waals surface area contributed by atoms with Gasteiger partial charge >= 0.3 is 0 Å². The second-order valence-corrected chi connectivity index (χ2v) is 29.0. The van der Waals surface area contributed by atoms with E-state index in [1.54, 1.807) is 96.2 Å². The van der Waals surface area contributed by atoms with Crippen molar-refractivity contribution >= 4 is 77.6 Å². The number of aliphatic carboxylic acids is 13. The average Bonchev–Trinajstić information content (AvgIpc) is 1.91. The van der Waals surface area contributed by atoms with Gasteiger partial charge in [-0.15, -0.1) is 37.3 Å². The third-order valence-electron chi connectivity index (χ3n) is 17.6. The Bertz CT molecular complexity index is 3920. The van der Waals surface area contributed by atoms with E-state index in [9.17, 15) is 129 Å². The first-order chi connectivity index (χ1) is 60.8. The van der Waals surface area contributed by atoms with Gasteiger partial charge in [-0.2, -0.15) is 0 Å². The number of nitrogens with two attached hydrogens (primary N) is 13. The lowest BCUT2D eigenvalue weighted by atomic mass is 9.95. The number of rotatable bonds is 37. The van der Waals surface area contributed by atoms with Gasteiger partial charge in [-0.1, -0.05) is 181 Å². The number of carbonyl (C=O) groups is 13. The quantitative estimate of drug-likeness (QED) is 0.0156. The molecule has 39 nitrogen and oxygen atoms in total. The van der Waals surface area contributed by atoms with Gasteiger partial charge in [0.1, 0.15) is 0 Å². The molecule has 15 atom stereocenters. The predicted octanol–water partition coefficient (Wildman–Crippen LogP) is -10.6. The molecule has 131 heavy (non-hydrogen) atoms. The minimum absolute atomic E-state index is 0.0301. The summed E-state index contributed by atoms with van der Waals surface area (Å²) in [7, 11) is 0. The van der Waals surface area contributed by atoms with Gasteiger partial charge in [-0.05, 0) is 182 Å². The molecule has 0 aromatic heterocycles. The number of terminal acetylenes is 1. The maximum atomic E-state index is 10.3. The minimum Gasteiger partial charge on any atom is -0.548 e. The minimum atomic E-state index is -1.30. The largest absolute Gasteiger partial charge is 0.548 e. The first-order valence-electron chi connectivity index (χ1n) is 40.9. The second-order valence-electron chi connectivity index (χ2n) is 29.0.